The molecule has 2 rings (SSSR count). The summed E-state index contributed by atoms with van der Waals surface area (Å²) in [6.07, 6.45) is 3.09. The molecule has 1 aromatic carbocycles. The molecule has 1 aromatic rings. The quantitative estimate of drug-likeness (QED) is 0.904. The standard InChI is InChI=1S/C15H21NOS/c1-12-4-2-3-5-14(12)11-16-15(17)10-13-6-8-18-9-7-13/h2-5,13H,6-11H2,1H3,(H,16,17). The first kappa shape index (κ1) is 13.5. The van der Waals surface area contributed by atoms with Gasteiger partial charge in [-0.25, -0.2) is 0 Å². The minimum absolute atomic E-state index is 0.204. The zero-order valence-corrected chi connectivity index (χ0v) is 11.8. The Morgan fingerprint density at radius 3 is 2.78 bits per heavy atom. The second-order valence-corrected chi connectivity index (χ2v) is 6.19. The minimum atomic E-state index is 0.204. The maximum absolute atomic E-state index is 11.9. The summed E-state index contributed by atoms with van der Waals surface area (Å²) in [5.41, 5.74) is 2.46. The Balaban J connectivity index is 1.76. The van der Waals surface area contributed by atoms with Gasteiger partial charge in [0.25, 0.3) is 0 Å². The molecule has 1 fully saturated rings. The fraction of sp³-hybridized carbons (Fsp3) is 0.533. The Morgan fingerprint density at radius 2 is 2.06 bits per heavy atom. The minimum Gasteiger partial charge on any atom is -0.352 e. The second-order valence-electron chi connectivity index (χ2n) is 4.96. The predicted octanol–water partition coefficient (Wildman–Crippen LogP) is 3.14. The lowest BCUT2D eigenvalue weighted by atomic mass is 9.98. The zero-order valence-electron chi connectivity index (χ0n) is 10.9. The van der Waals surface area contributed by atoms with Crippen molar-refractivity contribution < 1.29 is 4.79 Å². The molecule has 3 heteroatoms. The average Bonchev–Trinajstić information content (AvgIpc) is 2.39. The largest absolute Gasteiger partial charge is 0.352 e. The third-order valence-electron chi connectivity index (χ3n) is 3.55. The normalized spacial score (nSPS) is 16.5. The Kier molecular flexibility index (Phi) is 5.12. The van der Waals surface area contributed by atoms with E-state index in [9.17, 15) is 4.79 Å². The van der Waals surface area contributed by atoms with Gasteiger partial charge in [-0.1, -0.05) is 24.3 Å². The highest BCUT2D eigenvalue weighted by molar-refractivity contribution is 7.99. The molecule has 98 valence electrons. The molecular weight excluding hydrogens is 242 g/mol. The first-order chi connectivity index (χ1) is 8.75. The van der Waals surface area contributed by atoms with Gasteiger partial charge in [0.1, 0.15) is 0 Å². The van der Waals surface area contributed by atoms with Crippen molar-refractivity contribution in [3.63, 3.8) is 0 Å². The molecule has 0 radical (unpaired) electrons. The molecule has 18 heavy (non-hydrogen) atoms. The van der Waals surface area contributed by atoms with E-state index in [0.717, 1.165) is 0 Å². The van der Waals surface area contributed by atoms with Crippen LogP contribution < -0.4 is 5.32 Å². The van der Waals surface area contributed by atoms with Crippen molar-refractivity contribution in [2.45, 2.75) is 32.7 Å². The number of hydrogen-bond donors (Lipinski definition) is 1. The molecule has 1 aliphatic heterocycles. The third-order valence-corrected chi connectivity index (χ3v) is 4.60. The fourth-order valence-electron chi connectivity index (χ4n) is 2.29. The maximum atomic E-state index is 11.9. The average molecular weight is 263 g/mol. The van der Waals surface area contributed by atoms with E-state index >= 15 is 0 Å². The van der Waals surface area contributed by atoms with Crippen LogP contribution in [0.25, 0.3) is 0 Å². The van der Waals surface area contributed by atoms with Crippen LogP contribution in [0.5, 0.6) is 0 Å². The summed E-state index contributed by atoms with van der Waals surface area (Å²) < 4.78 is 0. The first-order valence-corrected chi connectivity index (χ1v) is 7.80. The Morgan fingerprint density at radius 1 is 1.33 bits per heavy atom. The molecule has 1 heterocycles. The van der Waals surface area contributed by atoms with E-state index in [0.29, 0.717) is 18.9 Å². The number of benzene rings is 1. The summed E-state index contributed by atoms with van der Waals surface area (Å²) in [4.78, 5) is 11.9. The Labute approximate surface area is 114 Å². The van der Waals surface area contributed by atoms with E-state index in [1.165, 1.54) is 35.5 Å². The highest BCUT2D eigenvalue weighted by atomic mass is 32.2. The van der Waals surface area contributed by atoms with Crippen LogP contribution in [0.1, 0.15) is 30.4 Å². The molecule has 1 N–H and O–H groups in total. The van der Waals surface area contributed by atoms with Gasteiger partial charge in [-0.3, -0.25) is 4.79 Å². The van der Waals surface area contributed by atoms with Gasteiger partial charge in [-0.15, -0.1) is 0 Å². The molecule has 0 aromatic heterocycles. The number of amides is 1. The van der Waals surface area contributed by atoms with Crippen molar-refractivity contribution >= 4 is 17.7 Å². The molecule has 0 bridgehead atoms. The molecule has 0 unspecified atom stereocenters. The van der Waals surface area contributed by atoms with Crippen molar-refractivity contribution in [3.8, 4) is 0 Å². The lowest BCUT2D eigenvalue weighted by Crippen LogP contribution is -2.26. The smallest absolute Gasteiger partial charge is 0.220 e. The number of carbonyl (C=O) groups excluding carboxylic acids is 1. The van der Waals surface area contributed by atoms with Crippen molar-refractivity contribution in [3.05, 3.63) is 35.4 Å². The van der Waals surface area contributed by atoms with Crippen molar-refractivity contribution in [2.75, 3.05) is 11.5 Å². The van der Waals surface area contributed by atoms with E-state index < -0.39 is 0 Å². The zero-order chi connectivity index (χ0) is 12.8. The summed E-state index contributed by atoms with van der Waals surface area (Å²) in [5.74, 6) is 3.24. The molecule has 0 atom stereocenters. The molecule has 2 nitrogen and oxygen atoms in total. The van der Waals surface area contributed by atoms with Crippen molar-refractivity contribution in [2.24, 2.45) is 5.92 Å². The number of hydrogen-bond acceptors (Lipinski definition) is 2. The number of thioether (sulfide) groups is 1. The van der Waals surface area contributed by atoms with Gasteiger partial charge >= 0.3 is 0 Å². The molecule has 0 saturated carbocycles. The van der Waals surface area contributed by atoms with Crippen molar-refractivity contribution in [1.82, 2.24) is 5.32 Å². The van der Waals surface area contributed by atoms with E-state index in [-0.39, 0.29) is 5.91 Å². The highest BCUT2D eigenvalue weighted by Gasteiger charge is 2.17. The van der Waals surface area contributed by atoms with E-state index in [1.54, 1.807) is 0 Å². The predicted molar refractivity (Wildman–Crippen MR) is 77.7 cm³/mol. The monoisotopic (exact) mass is 263 g/mol. The van der Waals surface area contributed by atoms with Gasteiger partial charge in [-0.2, -0.15) is 11.8 Å². The van der Waals surface area contributed by atoms with Crippen LogP contribution in [0.4, 0.5) is 0 Å². The summed E-state index contributed by atoms with van der Waals surface area (Å²) in [6.45, 7) is 2.74. The van der Waals surface area contributed by atoms with Crippen LogP contribution in [0.3, 0.4) is 0 Å². The van der Waals surface area contributed by atoms with Crippen LogP contribution in [-0.4, -0.2) is 17.4 Å². The van der Waals surface area contributed by atoms with E-state index in [4.69, 9.17) is 0 Å². The Bertz CT molecular complexity index is 399. The third kappa shape index (κ3) is 4.05. The van der Waals surface area contributed by atoms with Gasteiger partial charge in [-0.05, 0) is 48.3 Å². The molecule has 1 saturated heterocycles. The van der Waals surface area contributed by atoms with Crippen LogP contribution in [0, 0.1) is 12.8 Å². The van der Waals surface area contributed by atoms with Crippen LogP contribution in [0.15, 0.2) is 24.3 Å². The summed E-state index contributed by atoms with van der Waals surface area (Å²) >= 11 is 2.01. The molecule has 0 aliphatic carbocycles. The molecule has 1 amide bonds. The van der Waals surface area contributed by atoms with Crippen LogP contribution in [0.2, 0.25) is 0 Å². The van der Waals surface area contributed by atoms with E-state index in [2.05, 4.69) is 24.4 Å². The number of nitrogens with one attached hydrogen (secondary N) is 1. The Hall–Kier alpha value is -0.960. The van der Waals surface area contributed by atoms with Gasteiger partial charge in [0.05, 0.1) is 0 Å². The lowest BCUT2D eigenvalue weighted by Gasteiger charge is -2.20. The van der Waals surface area contributed by atoms with Crippen LogP contribution >= 0.6 is 11.8 Å². The molecular formula is C15H21NOS. The van der Waals surface area contributed by atoms with Gasteiger partial charge in [0.2, 0.25) is 5.91 Å². The number of rotatable bonds is 4. The highest BCUT2D eigenvalue weighted by Crippen LogP contribution is 2.25. The summed E-state index contributed by atoms with van der Waals surface area (Å²) in [7, 11) is 0. The summed E-state index contributed by atoms with van der Waals surface area (Å²) in [5, 5.41) is 3.04. The lowest BCUT2D eigenvalue weighted by molar-refractivity contribution is -0.122. The second kappa shape index (κ2) is 6.83. The van der Waals surface area contributed by atoms with Gasteiger partial charge in [0.15, 0.2) is 0 Å². The SMILES string of the molecule is Cc1ccccc1CNC(=O)CC1CCSCC1. The van der Waals surface area contributed by atoms with Gasteiger partial charge in [0, 0.05) is 13.0 Å². The topological polar surface area (TPSA) is 29.1 Å². The first-order valence-electron chi connectivity index (χ1n) is 6.64. The van der Waals surface area contributed by atoms with E-state index in [1.807, 2.05) is 23.9 Å². The number of aryl methyl sites for hydroxylation is 1. The maximum Gasteiger partial charge on any atom is 0.220 e. The fourth-order valence-corrected chi connectivity index (χ4v) is 3.49. The van der Waals surface area contributed by atoms with Gasteiger partial charge < -0.3 is 5.32 Å². The summed E-state index contributed by atoms with van der Waals surface area (Å²) in [6, 6.07) is 8.21. The van der Waals surface area contributed by atoms with Crippen molar-refractivity contribution in [1.29, 1.82) is 0 Å². The molecule has 0 spiro atoms. The molecule has 1 aliphatic rings. The van der Waals surface area contributed by atoms with Crippen LogP contribution in [-0.2, 0) is 11.3 Å². The number of carbonyl (C=O) groups is 1.